The molecule has 0 N–H and O–H groups in total. The minimum Gasteiger partial charge on any atom is -0.490 e. The Morgan fingerprint density at radius 3 is 2.43 bits per heavy atom. The number of carbonyl (C=O) groups excluding carboxylic acids is 1. The smallest absolute Gasteiger partial charge is 0.265 e. The van der Waals surface area contributed by atoms with Gasteiger partial charge in [-0.25, -0.2) is 0 Å². The molecule has 1 aliphatic rings. The van der Waals surface area contributed by atoms with Crippen LogP contribution in [0.2, 0.25) is 5.02 Å². The summed E-state index contributed by atoms with van der Waals surface area (Å²) in [6.45, 7) is 4.84. The van der Waals surface area contributed by atoms with Crippen LogP contribution < -0.4 is 9.47 Å². The molecule has 28 heavy (non-hydrogen) atoms. The lowest BCUT2D eigenvalue weighted by Gasteiger charge is -2.12. The maximum atomic E-state index is 12.2. The number of amides is 1. The van der Waals surface area contributed by atoms with E-state index in [0.29, 0.717) is 33.2 Å². The quantitative estimate of drug-likeness (QED) is 0.353. The number of aryl methyl sites for hydroxylation is 2. The van der Waals surface area contributed by atoms with E-state index in [4.69, 9.17) is 33.3 Å². The molecule has 1 aliphatic heterocycles. The summed E-state index contributed by atoms with van der Waals surface area (Å²) in [4.78, 5) is 14.2. The highest BCUT2D eigenvalue weighted by molar-refractivity contribution is 8.26. The predicted octanol–water partition coefficient (Wildman–Crippen LogP) is 5.25. The number of halogens is 1. The number of hydrogen-bond acceptors (Lipinski definition) is 5. The van der Waals surface area contributed by atoms with Gasteiger partial charge >= 0.3 is 0 Å². The maximum Gasteiger partial charge on any atom is 0.265 e. The first-order valence-corrected chi connectivity index (χ1v) is 10.3. The second kappa shape index (κ2) is 8.99. The van der Waals surface area contributed by atoms with Crippen molar-refractivity contribution in [2.75, 3.05) is 20.3 Å². The summed E-state index contributed by atoms with van der Waals surface area (Å²) in [7, 11) is 1.66. The Bertz CT molecular complexity index is 959. The van der Waals surface area contributed by atoms with E-state index in [0.717, 1.165) is 16.9 Å². The zero-order valence-corrected chi connectivity index (χ0v) is 18.2. The Balaban J connectivity index is 1.68. The molecule has 0 unspecified atom stereocenters. The third-order valence-electron chi connectivity index (χ3n) is 4.17. The van der Waals surface area contributed by atoms with Crippen molar-refractivity contribution in [3.8, 4) is 11.5 Å². The molecule has 0 atom stereocenters. The van der Waals surface area contributed by atoms with E-state index in [2.05, 4.69) is 6.07 Å². The lowest BCUT2D eigenvalue weighted by atomic mass is 10.1. The van der Waals surface area contributed by atoms with Crippen LogP contribution in [0, 0.1) is 13.8 Å². The van der Waals surface area contributed by atoms with Crippen LogP contribution in [0.25, 0.3) is 6.08 Å². The minimum atomic E-state index is -0.126. The van der Waals surface area contributed by atoms with Crippen LogP contribution in [0.5, 0.6) is 11.5 Å². The van der Waals surface area contributed by atoms with Gasteiger partial charge in [-0.3, -0.25) is 9.69 Å². The van der Waals surface area contributed by atoms with Gasteiger partial charge in [-0.2, -0.15) is 0 Å². The molecule has 0 aromatic heterocycles. The number of carbonyl (C=O) groups is 1. The van der Waals surface area contributed by atoms with Crippen molar-refractivity contribution in [2.24, 2.45) is 0 Å². The fourth-order valence-corrected chi connectivity index (χ4v) is 4.07. The molecule has 1 saturated heterocycles. The van der Waals surface area contributed by atoms with Gasteiger partial charge in [0.25, 0.3) is 5.91 Å². The average molecular weight is 434 g/mol. The van der Waals surface area contributed by atoms with Gasteiger partial charge in [0.15, 0.2) is 0 Å². The summed E-state index contributed by atoms with van der Waals surface area (Å²) >= 11 is 12.6. The molecule has 1 heterocycles. The largest absolute Gasteiger partial charge is 0.490 e. The van der Waals surface area contributed by atoms with Gasteiger partial charge in [-0.15, -0.1) is 0 Å². The zero-order valence-electron chi connectivity index (χ0n) is 15.8. The molecule has 0 spiro atoms. The Morgan fingerprint density at radius 2 is 1.79 bits per heavy atom. The van der Waals surface area contributed by atoms with Gasteiger partial charge in [0.1, 0.15) is 29.0 Å². The van der Waals surface area contributed by atoms with Crippen molar-refractivity contribution in [2.45, 2.75) is 13.8 Å². The van der Waals surface area contributed by atoms with Gasteiger partial charge in [0, 0.05) is 17.6 Å². The van der Waals surface area contributed by atoms with Crippen LogP contribution in [-0.2, 0) is 4.79 Å². The van der Waals surface area contributed by atoms with Crippen molar-refractivity contribution < 1.29 is 14.3 Å². The van der Waals surface area contributed by atoms with E-state index in [1.165, 1.54) is 22.2 Å². The number of likely N-dealkylation sites (N-methyl/N-ethyl adjacent to an activating group) is 1. The molecule has 0 radical (unpaired) electrons. The summed E-state index contributed by atoms with van der Waals surface area (Å²) in [6, 6.07) is 11.4. The molecule has 7 heteroatoms. The summed E-state index contributed by atoms with van der Waals surface area (Å²) in [5.74, 6) is 1.35. The second-order valence-corrected chi connectivity index (χ2v) is 8.50. The van der Waals surface area contributed by atoms with Crippen LogP contribution >= 0.6 is 35.6 Å². The van der Waals surface area contributed by atoms with Crippen molar-refractivity contribution in [1.29, 1.82) is 0 Å². The number of hydrogen-bond donors (Lipinski definition) is 0. The number of rotatable bonds is 6. The maximum absolute atomic E-state index is 12.2. The van der Waals surface area contributed by atoms with Gasteiger partial charge < -0.3 is 9.47 Å². The highest BCUT2D eigenvalue weighted by atomic mass is 35.5. The van der Waals surface area contributed by atoms with Gasteiger partial charge in [0.2, 0.25) is 0 Å². The second-order valence-electron chi connectivity index (χ2n) is 6.39. The molecule has 2 aromatic rings. The number of ether oxygens (including phenoxy) is 2. The van der Waals surface area contributed by atoms with E-state index in [9.17, 15) is 4.79 Å². The molecular weight excluding hydrogens is 414 g/mol. The Kier molecular flexibility index (Phi) is 6.65. The van der Waals surface area contributed by atoms with Crippen LogP contribution in [0.4, 0.5) is 0 Å². The molecule has 146 valence electrons. The molecule has 0 bridgehead atoms. The van der Waals surface area contributed by atoms with Crippen molar-refractivity contribution >= 4 is 51.9 Å². The van der Waals surface area contributed by atoms with Crippen LogP contribution in [0.1, 0.15) is 16.7 Å². The van der Waals surface area contributed by atoms with Crippen molar-refractivity contribution in [1.82, 2.24) is 4.90 Å². The lowest BCUT2D eigenvalue weighted by molar-refractivity contribution is -0.121. The summed E-state index contributed by atoms with van der Waals surface area (Å²) in [5, 5.41) is 0.567. The van der Waals surface area contributed by atoms with E-state index in [1.807, 2.05) is 26.0 Å². The molecule has 0 aliphatic carbocycles. The normalized spacial score (nSPS) is 15.4. The molecular formula is C21H20ClNO3S2. The number of nitrogens with zero attached hydrogens (tertiary/aromatic N) is 1. The Morgan fingerprint density at radius 1 is 1.11 bits per heavy atom. The monoisotopic (exact) mass is 433 g/mol. The van der Waals surface area contributed by atoms with E-state index in [-0.39, 0.29) is 5.91 Å². The third-order valence-corrected chi connectivity index (χ3v) is 5.89. The lowest BCUT2D eigenvalue weighted by Crippen LogP contribution is -2.22. The van der Waals surface area contributed by atoms with Crippen LogP contribution in [0.15, 0.2) is 41.3 Å². The predicted molar refractivity (Wildman–Crippen MR) is 119 cm³/mol. The van der Waals surface area contributed by atoms with E-state index < -0.39 is 0 Å². The first-order chi connectivity index (χ1) is 13.3. The topological polar surface area (TPSA) is 38.8 Å². The summed E-state index contributed by atoms with van der Waals surface area (Å²) in [6.07, 6.45) is 1.76. The molecule has 2 aromatic carbocycles. The molecule has 3 rings (SSSR count). The zero-order chi connectivity index (χ0) is 20.3. The number of thiocarbonyl (C=S) groups is 1. The van der Waals surface area contributed by atoms with Crippen LogP contribution in [0.3, 0.4) is 0 Å². The molecule has 1 fully saturated rings. The van der Waals surface area contributed by atoms with Crippen LogP contribution in [-0.4, -0.2) is 35.4 Å². The Labute approximate surface area is 179 Å². The first kappa shape index (κ1) is 20.7. The number of thioether (sulfide) groups is 1. The fourth-order valence-electron chi connectivity index (χ4n) is 2.71. The highest BCUT2D eigenvalue weighted by Crippen LogP contribution is 2.34. The highest BCUT2D eigenvalue weighted by Gasteiger charge is 2.29. The number of benzene rings is 2. The SMILES string of the molecule is Cc1ccc(OCCOc2ccc(Cl)cc2/C=C2/SC(=S)N(C)C2=O)c(C)c1. The van der Waals surface area contributed by atoms with E-state index >= 15 is 0 Å². The standard InChI is InChI=1S/C21H20ClNO3S2/c1-13-4-6-17(14(2)10-13)25-8-9-26-18-7-5-16(22)11-15(18)12-19-20(24)23(3)21(27)28-19/h4-7,10-12H,8-9H2,1-3H3/b19-12+. The van der Waals surface area contributed by atoms with Crippen molar-refractivity contribution in [3.05, 3.63) is 63.0 Å². The van der Waals surface area contributed by atoms with Gasteiger partial charge in [0.05, 0.1) is 4.91 Å². The minimum absolute atomic E-state index is 0.126. The first-order valence-electron chi connectivity index (χ1n) is 8.69. The van der Waals surface area contributed by atoms with Gasteiger partial charge in [-0.1, -0.05) is 53.3 Å². The molecule has 4 nitrogen and oxygen atoms in total. The summed E-state index contributed by atoms with van der Waals surface area (Å²) in [5.41, 5.74) is 3.02. The van der Waals surface area contributed by atoms with Crippen molar-refractivity contribution in [3.63, 3.8) is 0 Å². The average Bonchev–Trinajstić information content (AvgIpc) is 2.88. The fraction of sp³-hybridized carbons (Fsp3) is 0.238. The third kappa shape index (κ3) is 4.87. The summed E-state index contributed by atoms with van der Waals surface area (Å²) < 4.78 is 12.2. The molecule has 0 saturated carbocycles. The van der Waals surface area contributed by atoms with Gasteiger partial charge in [-0.05, 0) is 49.8 Å². The van der Waals surface area contributed by atoms with E-state index in [1.54, 1.807) is 31.3 Å². The molecule has 1 amide bonds. The Hall–Kier alpha value is -2.02.